The molecule has 2 atom stereocenters. The zero-order valence-corrected chi connectivity index (χ0v) is 25.5. The van der Waals surface area contributed by atoms with E-state index in [0.717, 1.165) is 13.0 Å². The highest BCUT2D eigenvalue weighted by molar-refractivity contribution is 5.72. The number of esters is 2. The number of hydrogen-bond donors (Lipinski definition) is 5. The highest BCUT2D eigenvalue weighted by Crippen LogP contribution is 2.24. The SMILES string of the molecule is C=C(NCC(=O)O[C@@H](C)CC)NC(CCC(=O)OC(C)(C)C)C(C)(C)C.CCCCNC.CN.O=CO. The molecule has 0 aliphatic carbocycles. The van der Waals surface area contributed by atoms with Gasteiger partial charge in [0.15, 0.2) is 0 Å². The smallest absolute Gasteiger partial charge is 0.325 e. The molecule has 0 saturated carbocycles. The second-order valence-corrected chi connectivity index (χ2v) is 10.3. The minimum atomic E-state index is -0.483. The van der Waals surface area contributed by atoms with Crippen molar-refractivity contribution in [2.45, 2.75) is 112 Å². The van der Waals surface area contributed by atoms with Crippen molar-refractivity contribution in [1.82, 2.24) is 16.0 Å². The van der Waals surface area contributed by atoms with Crippen LogP contribution in [0.3, 0.4) is 0 Å². The maximum absolute atomic E-state index is 12.0. The van der Waals surface area contributed by atoms with Crippen LogP contribution >= 0.6 is 0 Å². The van der Waals surface area contributed by atoms with Crippen molar-refractivity contribution < 1.29 is 29.0 Å². The van der Waals surface area contributed by atoms with Gasteiger partial charge < -0.3 is 36.3 Å². The minimum absolute atomic E-state index is 0.000559. The third-order valence-corrected chi connectivity index (χ3v) is 4.58. The lowest BCUT2D eigenvalue weighted by atomic mass is 9.84. The van der Waals surface area contributed by atoms with Crippen molar-refractivity contribution in [3.63, 3.8) is 0 Å². The number of carbonyl (C=O) groups excluding carboxylic acids is 2. The van der Waals surface area contributed by atoms with Crippen molar-refractivity contribution in [2.24, 2.45) is 11.1 Å². The van der Waals surface area contributed by atoms with E-state index in [2.05, 4.69) is 56.0 Å². The molecule has 0 aliphatic heterocycles. The molecule has 0 rings (SSSR count). The maximum atomic E-state index is 12.0. The zero-order valence-electron chi connectivity index (χ0n) is 25.5. The normalized spacial score (nSPS) is 11.9. The third-order valence-electron chi connectivity index (χ3n) is 4.58. The van der Waals surface area contributed by atoms with Crippen molar-refractivity contribution in [1.29, 1.82) is 0 Å². The fraction of sp³-hybridized carbons (Fsp3) is 0.815. The van der Waals surface area contributed by atoms with Gasteiger partial charge in [-0.3, -0.25) is 14.4 Å². The van der Waals surface area contributed by atoms with Gasteiger partial charge in [0.1, 0.15) is 12.1 Å². The van der Waals surface area contributed by atoms with Gasteiger partial charge in [-0.1, -0.05) is 47.6 Å². The number of carboxylic acid groups (broad SMARTS) is 1. The number of rotatable bonds is 13. The lowest BCUT2D eigenvalue weighted by molar-refractivity contribution is -0.155. The molecule has 0 aromatic rings. The lowest BCUT2D eigenvalue weighted by Crippen LogP contribution is -2.44. The van der Waals surface area contributed by atoms with Crippen LogP contribution in [0, 0.1) is 5.41 Å². The summed E-state index contributed by atoms with van der Waals surface area (Å²) < 4.78 is 10.6. The summed E-state index contributed by atoms with van der Waals surface area (Å²) in [5, 5.41) is 16.2. The predicted molar refractivity (Wildman–Crippen MR) is 152 cm³/mol. The molecule has 6 N–H and O–H groups in total. The molecule has 0 radical (unpaired) electrons. The van der Waals surface area contributed by atoms with E-state index in [0.29, 0.717) is 18.7 Å². The second kappa shape index (κ2) is 25.3. The van der Waals surface area contributed by atoms with Crippen molar-refractivity contribution in [3.05, 3.63) is 12.4 Å². The van der Waals surface area contributed by atoms with Gasteiger partial charge in [-0.15, -0.1) is 0 Å². The number of nitrogens with two attached hydrogens (primary N) is 1. The first kappa shape index (κ1) is 41.8. The molecule has 0 aliphatic rings. The number of hydrogen-bond acceptors (Lipinski definition) is 9. The second-order valence-electron chi connectivity index (χ2n) is 10.3. The Bertz CT molecular complexity index is 582. The highest BCUT2D eigenvalue weighted by atomic mass is 16.6. The first-order valence-corrected chi connectivity index (χ1v) is 13.0. The summed E-state index contributed by atoms with van der Waals surface area (Å²) in [5.74, 6) is 0.00262. The molecule has 1 unspecified atom stereocenters. The number of nitrogens with one attached hydrogen (secondary N) is 3. The molecular formula is C27H58N4O6. The molecule has 0 heterocycles. The largest absolute Gasteiger partial charge is 0.483 e. The Morgan fingerprint density at radius 1 is 1.08 bits per heavy atom. The van der Waals surface area contributed by atoms with Crippen LogP contribution in [0.2, 0.25) is 0 Å². The summed E-state index contributed by atoms with van der Waals surface area (Å²) in [6.07, 6.45) is 4.20. The van der Waals surface area contributed by atoms with Gasteiger partial charge in [-0.2, -0.15) is 0 Å². The van der Waals surface area contributed by atoms with E-state index in [1.165, 1.54) is 19.9 Å². The third kappa shape index (κ3) is 33.7. The van der Waals surface area contributed by atoms with E-state index in [9.17, 15) is 9.59 Å². The van der Waals surface area contributed by atoms with Crippen LogP contribution in [0.15, 0.2) is 12.4 Å². The summed E-state index contributed by atoms with van der Waals surface area (Å²) in [5.41, 5.74) is 3.92. The monoisotopic (exact) mass is 534 g/mol. The average Bonchev–Trinajstić information content (AvgIpc) is 2.79. The molecule has 0 amide bonds. The number of ether oxygens (including phenoxy) is 2. The van der Waals surface area contributed by atoms with Gasteiger partial charge in [0, 0.05) is 12.5 Å². The Morgan fingerprint density at radius 2 is 1.59 bits per heavy atom. The predicted octanol–water partition coefficient (Wildman–Crippen LogP) is 3.80. The highest BCUT2D eigenvalue weighted by Gasteiger charge is 2.27. The van der Waals surface area contributed by atoms with E-state index < -0.39 is 5.60 Å². The fourth-order valence-electron chi connectivity index (χ4n) is 2.52. The summed E-state index contributed by atoms with van der Waals surface area (Å²) in [4.78, 5) is 32.1. The summed E-state index contributed by atoms with van der Waals surface area (Å²) in [6.45, 7) is 22.7. The first-order valence-electron chi connectivity index (χ1n) is 13.0. The molecule has 10 heteroatoms. The molecule has 0 aromatic heterocycles. The van der Waals surface area contributed by atoms with Crippen LogP contribution in [0.25, 0.3) is 0 Å². The molecule has 0 spiro atoms. The van der Waals surface area contributed by atoms with Gasteiger partial charge in [0.05, 0.1) is 11.9 Å². The summed E-state index contributed by atoms with van der Waals surface area (Å²) >= 11 is 0. The summed E-state index contributed by atoms with van der Waals surface area (Å²) in [7, 11) is 3.48. The minimum Gasteiger partial charge on any atom is -0.483 e. The van der Waals surface area contributed by atoms with Gasteiger partial charge in [-0.25, -0.2) is 0 Å². The Labute approximate surface area is 226 Å². The van der Waals surface area contributed by atoms with E-state index in [4.69, 9.17) is 19.4 Å². The van der Waals surface area contributed by atoms with Gasteiger partial charge in [-0.05, 0) is 73.0 Å². The Hall–Kier alpha value is -2.33. The molecule has 37 heavy (non-hydrogen) atoms. The van der Waals surface area contributed by atoms with E-state index in [1.54, 1.807) is 0 Å². The quantitative estimate of drug-likeness (QED) is 0.134. The molecule has 0 aromatic carbocycles. The van der Waals surface area contributed by atoms with E-state index in [1.807, 2.05) is 41.7 Å². The van der Waals surface area contributed by atoms with Crippen LogP contribution in [0.1, 0.15) is 94.4 Å². The van der Waals surface area contributed by atoms with Crippen molar-refractivity contribution >= 4 is 18.4 Å². The van der Waals surface area contributed by atoms with Gasteiger partial charge in [0.2, 0.25) is 0 Å². The molecule has 0 bridgehead atoms. The van der Waals surface area contributed by atoms with E-state index in [-0.39, 0.29) is 42.5 Å². The molecule has 222 valence electrons. The lowest BCUT2D eigenvalue weighted by Gasteiger charge is -2.33. The maximum Gasteiger partial charge on any atom is 0.325 e. The molecule has 0 saturated heterocycles. The van der Waals surface area contributed by atoms with Crippen LogP contribution < -0.4 is 21.7 Å². The van der Waals surface area contributed by atoms with Crippen LogP contribution in [-0.4, -0.2) is 68.4 Å². The van der Waals surface area contributed by atoms with Crippen molar-refractivity contribution in [2.75, 3.05) is 27.2 Å². The Morgan fingerprint density at radius 3 is 1.95 bits per heavy atom. The zero-order chi connectivity index (χ0) is 30.1. The van der Waals surface area contributed by atoms with Crippen LogP contribution in [0.5, 0.6) is 0 Å². The van der Waals surface area contributed by atoms with Crippen LogP contribution in [-0.2, 0) is 23.9 Å². The summed E-state index contributed by atoms with van der Waals surface area (Å²) in [6, 6.07) is 0.000559. The van der Waals surface area contributed by atoms with E-state index >= 15 is 0 Å². The molecular weight excluding hydrogens is 476 g/mol. The van der Waals surface area contributed by atoms with Gasteiger partial charge in [0.25, 0.3) is 6.47 Å². The Kier molecular flexibility index (Phi) is 28.6. The van der Waals surface area contributed by atoms with Crippen LogP contribution in [0.4, 0.5) is 0 Å². The standard InChI is InChI=1S/C20H38N2O4.C5H13N.CH5N.CH2O2/c1-10-14(2)25-18(24)13-21-15(3)22-16(19(4,5)6)11-12-17(23)26-20(7,8)9;1-3-4-5-6-2;1-2;2-1-3/h14,16,21-22H,3,10-13H2,1-2,4-9H3;6H,3-5H2,1-2H3;2H2,1H3;1H,(H,2,3)/t14-,16?;;;/m0.../s1. The van der Waals surface area contributed by atoms with Gasteiger partial charge >= 0.3 is 11.9 Å². The molecule has 0 fully saturated rings. The first-order chi connectivity index (χ1) is 17.1. The topological polar surface area (TPSA) is 152 Å². The van der Waals surface area contributed by atoms with Crippen molar-refractivity contribution in [3.8, 4) is 0 Å². The fourth-order valence-corrected chi connectivity index (χ4v) is 2.52. The number of unbranched alkanes of at least 4 members (excludes halogenated alkanes) is 1. The average molecular weight is 535 g/mol. The number of carbonyl (C=O) groups is 3. The molecule has 10 nitrogen and oxygen atoms in total. The Balaban J connectivity index is -0.000000416.